The van der Waals surface area contributed by atoms with Gasteiger partial charge in [0.1, 0.15) is 0 Å². The van der Waals surface area contributed by atoms with Crippen molar-refractivity contribution in [3.05, 3.63) is 66.4 Å². The average Bonchev–Trinajstić information content (AvgIpc) is 2.99. The van der Waals surface area contributed by atoms with Crippen molar-refractivity contribution >= 4 is 33.4 Å². The first-order valence-electron chi connectivity index (χ1n) is 11.6. The second-order valence-corrected chi connectivity index (χ2v) is 10.7. The maximum atomic E-state index is 12.4. The zero-order valence-electron chi connectivity index (χ0n) is 20.2. The number of carbonyl (C=O) groups excluding carboxylic acids is 1. The highest BCUT2D eigenvalue weighted by Crippen LogP contribution is 2.46. The Kier molecular flexibility index (Phi) is 8.02. The van der Waals surface area contributed by atoms with Gasteiger partial charge in [0.15, 0.2) is 0 Å². The Hall–Kier alpha value is -3.17. The fraction of sp³-hybridized carbons (Fsp3) is 0.385. The Morgan fingerprint density at radius 2 is 1.77 bits per heavy atom. The third kappa shape index (κ3) is 6.10. The van der Waals surface area contributed by atoms with Gasteiger partial charge in [-0.15, -0.1) is 0 Å². The number of aliphatic carboxylic acids is 1. The minimum Gasteiger partial charge on any atom is -0.481 e. The fourth-order valence-corrected chi connectivity index (χ4v) is 5.12. The van der Waals surface area contributed by atoms with Gasteiger partial charge in [-0.1, -0.05) is 38.5 Å². The van der Waals surface area contributed by atoms with Crippen LogP contribution in [0.2, 0.25) is 0 Å². The van der Waals surface area contributed by atoms with E-state index in [1.165, 1.54) is 19.1 Å². The van der Waals surface area contributed by atoms with Gasteiger partial charge in [-0.2, -0.15) is 8.42 Å². The molecule has 1 atom stereocenters. The summed E-state index contributed by atoms with van der Waals surface area (Å²) in [6.45, 7) is 6.12. The minimum absolute atomic E-state index is 0.119. The maximum absolute atomic E-state index is 12.4. The summed E-state index contributed by atoms with van der Waals surface area (Å²) in [7, 11) is -4.36. The Morgan fingerprint density at radius 3 is 2.37 bits per heavy atom. The first-order chi connectivity index (χ1) is 16.4. The summed E-state index contributed by atoms with van der Waals surface area (Å²) in [5.41, 5.74) is 1.83. The Morgan fingerprint density at radius 1 is 1.09 bits per heavy atom. The molecule has 0 aliphatic carbocycles. The van der Waals surface area contributed by atoms with Crippen molar-refractivity contribution in [1.29, 1.82) is 0 Å². The number of carbonyl (C=O) groups is 2. The van der Waals surface area contributed by atoms with Crippen molar-refractivity contribution in [2.24, 2.45) is 0 Å². The Balaban J connectivity index is 1.96. The number of para-hydroxylation sites is 1. The van der Waals surface area contributed by atoms with Gasteiger partial charge in [0.2, 0.25) is 5.91 Å². The van der Waals surface area contributed by atoms with Crippen LogP contribution in [0.25, 0.3) is 0 Å². The molecular weight excluding hydrogens is 468 g/mol. The molecule has 0 fully saturated rings. The molecule has 1 unspecified atom stereocenters. The molecule has 1 aliphatic rings. The van der Waals surface area contributed by atoms with Gasteiger partial charge in [0.25, 0.3) is 10.1 Å². The van der Waals surface area contributed by atoms with E-state index in [0.717, 1.165) is 29.8 Å². The highest BCUT2D eigenvalue weighted by atomic mass is 32.2. The van der Waals surface area contributed by atoms with Crippen molar-refractivity contribution in [2.45, 2.75) is 62.8 Å². The molecule has 188 valence electrons. The average molecular weight is 501 g/mol. The van der Waals surface area contributed by atoms with E-state index < -0.39 is 21.5 Å². The van der Waals surface area contributed by atoms with Gasteiger partial charge in [0.05, 0.1) is 10.9 Å². The lowest BCUT2D eigenvalue weighted by molar-refractivity contribution is -0.137. The number of carboxylic acids is 1. The zero-order valence-corrected chi connectivity index (χ0v) is 21.0. The monoisotopic (exact) mass is 500 g/mol. The summed E-state index contributed by atoms with van der Waals surface area (Å²) >= 11 is 0. The molecule has 0 spiro atoms. The molecule has 8 nitrogen and oxygen atoms in total. The second-order valence-electron chi connectivity index (χ2n) is 9.28. The van der Waals surface area contributed by atoms with Crippen LogP contribution in [0.4, 0.5) is 11.4 Å². The lowest BCUT2D eigenvalue weighted by Crippen LogP contribution is -2.41. The topological polar surface area (TPSA) is 115 Å². The van der Waals surface area contributed by atoms with E-state index in [9.17, 15) is 22.6 Å². The Bertz CT molecular complexity index is 1210. The van der Waals surface area contributed by atoms with Crippen LogP contribution in [0.1, 0.15) is 52.0 Å². The largest absolute Gasteiger partial charge is 0.481 e. The molecule has 9 heteroatoms. The van der Waals surface area contributed by atoms with Gasteiger partial charge in [-0.3, -0.25) is 19.0 Å². The molecule has 1 heterocycles. The van der Waals surface area contributed by atoms with Crippen LogP contribution in [0.15, 0.2) is 65.7 Å². The SMILES string of the molecule is CC(=O)N(/C=C/C1N(CCCCCC(=O)O)c2ccc(S(=O)(=O)O)cc2C1(C)C)c1ccccc1. The van der Waals surface area contributed by atoms with E-state index in [0.29, 0.717) is 13.0 Å². The number of unbranched alkanes of at least 4 members (excludes halogenated alkanes) is 2. The number of fused-ring (bicyclic) bond motifs is 1. The zero-order chi connectivity index (χ0) is 25.8. The number of amides is 1. The van der Waals surface area contributed by atoms with Gasteiger partial charge >= 0.3 is 5.97 Å². The number of hydrogen-bond donors (Lipinski definition) is 2. The van der Waals surface area contributed by atoms with Crippen LogP contribution in [0.5, 0.6) is 0 Å². The number of carboxylic acid groups (broad SMARTS) is 1. The Labute approximate surface area is 206 Å². The van der Waals surface area contributed by atoms with Crippen molar-refractivity contribution in [3.8, 4) is 0 Å². The smallest absolute Gasteiger partial charge is 0.303 e. The first kappa shape index (κ1) is 26.4. The standard InChI is InChI=1S/C26H32N2O6S/c1-19(29)27(20-10-6-4-7-11-20)17-15-24-26(2,3)22-18-21(35(32,33)34)13-14-23(22)28(24)16-9-5-8-12-25(30)31/h4,6-7,10-11,13-15,17-18,24H,5,8-9,12,16H2,1-3H3,(H,30,31)(H,32,33,34)/b17-15+. The molecule has 0 aromatic heterocycles. The quantitative estimate of drug-likeness (QED) is 0.361. The summed E-state index contributed by atoms with van der Waals surface area (Å²) in [6, 6.07) is 13.7. The summed E-state index contributed by atoms with van der Waals surface area (Å²) < 4.78 is 33.2. The normalized spacial score (nSPS) is 16.9. The second kappa shape index (κ2) is 10.6. The van der Waals surface area contributed by atoms with E-state index in [1.54, 1.807) is 17.2 Å². The van der Waals surface area contributed by atoms with Crippen LogP contribution < -0.4 is 9.80 Å². The molecule has 0 radical (unpaired) electrons. The molecule has 1 aliphatic heterocycles. The number of anilines is 2. The van der Waals surface area contributed by atoms with Gasteiger partial charge in [0, 0.05) is 42.9 Å². The van der Waals surface area contributed by atoms with Crippen LogP contribution in [0, 0.1) is 0 Å². The third-order valence-electron chi connectivity index (χ3n) is 6.43. The summed E-state index contributed by atoms with van der Waals surface area (Å²) in [6.07, 6.45) is 5.88. The molecule has 2 N–H and O–H groups in total. The predicted octanol–water partition coefficient (Wildman–Crippen LogP) is 4.61. The van der Waals surface area contributed by atoms with E-state index in [1.807, 2.05) is 50.3 Å². The number of hydrogen-bond acceptors (Lipinski definition) is 5. The van der Waals surface area contributed by atoms with Crippen molar-refractivity contribution in [3.63, 3.8) is 0 Å². The number of benzene rings is 2. The lowest BCUT2D eigenvalue weighted by Gasteiger charge is -2.33. The minimum atomic E-state index is -4.36. The summed E-state index contributed by atoms with van der Waals surface area (Å²) in [5, 5.41) is 8.90. The third-order valence-corrected chi connectivity index (χ3v) is 7.28. The van der Waals surface area contributed by atoms with Crippen LogP contribution >= 0.6 is 0 Å². The molecule has 1 amide bonds. The van der Waals surface area contributed by atoms with E-state index in [2.05, 4.69) is 4.90 Å². The molecule has 35 heavy (non-hydrogen) atoms. The highest BCUT2D eigenvalue weighted by Gasteiger charge is 2.43. The molecule has 0 bridgehead atoms. The maximum Gasteiger partial charge on any atom is 0.303 e. The molecule has 2 aromatic rings. The summed E-state index contributed by atoms with van der Waals surface area (Å²) in [5.74, 6) is -0.962. The van der Waals surface area contributed by atoms with Crippen LogP contribution in [0.3, 0.4) is 0 Å². The lowest BCUT2D eigenvalue weighted by atomic mass is 9.80. The van der Waals surface area contributed by atoms with E-state index in [-0.39, 0.29) is 23.3 Å². The molecule has 2 aromatic carbocycles. The van der Waals surface area contributed by atoms with Crippen LogP contribution in [-0.2, 0) is 25.1 Å². The van der Waals surface area contributed by atoms with Crippen molar-refractivity contribution < 1.29 is 27.7 Å². The van der Waals surface area contributed by atoms with Gasteiger partial charge < -0.3 is 10.0 Å². The van der Waals surface area contributed by atoms with Crippen molar-refractivity contribution in [1.82, 2.24) is 0 Å². The first-order valence-corrected chi connectivity index (χ1v) is 13.0. The number of rotatable bonds is 10. The predicted molar refractivity (Wildman–Crippen MR) is 135 cm³/mol. The van der Waals surface area contributed by atoms with Gasteiger partial charge in [-0.05, 0) is 54.8 Å². The fourth-order valence-electron chi connectivity index (χ4n) is 4.61. The van der Waals surface area contributed by atoms with E-state index in [4.69, 9.17) is 5.11 Å². The van der Waals surface area contributed by atoms with Gasteiger partial charge in [-0.25, -0.2) is 0 Å². The molecule has 0 saturated heterocycles. The summed E-state index contributed by atoms with van der Waals surface area (Å²) in [4.78, 5) is 26.8. The highest BCUT2D eigenvalue weighted by molar-refractivity contribution is 7.85. The van der Waals surface area contributed by atoms with Crippen LogP contribution in [-0.4, -0.2) is 42.5 Å². The number of nitrogens with zero attached hydrogens (tertiary/aromatic N) is 2. The van der Waals surface area contributed by atoms with E-state index >= 15 is 0 Å². The van der Waals surface area contributed by atoms with Crippen molar-refractivity contribution in [2.75, 3.05) is 16.3 Å². The molecule has 3 rings (SSSR count). The molecule has 0 saturated carbocycles. The molecular formula is C26H32N2O6S.